The van der Waals surface area contributed by atoms with Gasteiger partial charge >= 0.3 is 5.97 Å². The number of hydrogen-bond acceptors (Lipinski definition) is 6. The Kier molecular flexibility index (Phi) is 5.32. The van der Waals surface area contributed by atoms with Crippen molar-refractivity contribution in [2.24, 2.45) is 0 Å². The summed E-state index contributed by atoms with van der Waals surface area (Å²) in [5.41, 5.74) is 1.01. The molecule has 0 amide bonds. The molecule has 1 aromatic carbocycles. The highest BCUT2D eigenvalue weighted by Crippen LogP contribution is 2.35. The number of nitrogens with zero attached hydrogens (tertiary/aromatic N) is 1. The van der Waals surface area contributed by atoms with E-state index < -0.39 is 12.8 Å². The summed E-state index contributed by atoms with van der Waals surface area (Å²) in [5, 5.41) is 0.631. The number of thiazole rings is 1. The molecule has 1 heterocycles. The third-order valence-corrected chi connectivity index (χ3v) is 3.91. The standard InChI is InChI=1S/C15H16FNO4S/c1-4-20-15(18)13-9(2)22-14(17-13)10-5-6-11(19-3)12(7-10)21-8-16/h5-7H,4,8H2,1-3H3. The number of carbonyl (C=O) groups is 1. The third-order valence-electron chi connectivity index (χ3n) is 2.89. The number of rotatable bonds is 6. The van der Waals surface area contributed by atoms with Crippen molar-refractivity contribution in [1.82, 2.24) is 4.98 Å². The summed E-state index contributed by atoms with van der Waals surface area (Å²) in [4.78, 5) is 16.9. The minimum absolute atomic E-state index is 0.285. The summed E-state index contributed by atoms with van der Waals surface area (Å²) < 4.78 is 27.4. The van der Waals surface area contributed by atoms with Crippen molar-refractivity contribution in [1.29, 1.82) is 0 Å². The number of halogens is 1. The summed E-state index contributed by atoms with van der Waals surface area (Å²) in [6.45, 7) is 2.88. The fourth-order valence-corrected chi connectivity index (χ4v) is 2.79. The molecule has 0 radical (unpaired) electrons. The highest BCUT2D eigenvalue weighted by molar-refractivity contribution is 7.15. The van der Waals surface area contributed by atoms with Crippen molar-refractivity contribution in [3.05, 3.63) is 28.8 Å². The Morgan fingerprint density at radius 3 is 2.77 bits per heavy atom. The number of hydrogen-bond donors (Lipinski definition) is 0. The molecule has 0 aliphatic heterocycles. The van der Waals surface area contributed by atoms with Gasteiger partial charge in [-0.2, -0.15) is 0 Å². The highest BCUT2D eigenvalue weighted by atomic mass is 32.1. The maximum atomic E-state index is 12.4. The predicted molar refractivity (Wildman–Crippen MR) is 81.4 cm³/mol. The van der Waals surface area contributed by atoms with Gasteiger partial charge in [-0.1, -0.05) is 0 Å². The van der Waals surface area contributed by atoms with Gasteiger partial charge < -0.3 is 14.2 Å². The number of aromatic nitrogens is 1. The molecule has 0 aliphatic carbocycles. The van der Waals surface area contributed by atoms with Crippen LogP contribution < -0.4 is 9.47 Å². The van der Waals surface area contributed by atoms with Crippen LogP contribution in [0.25, 0.3) is 10.6 Å². The summed E-state index contributed by atoms with van der Waals surface area (Å²) in [7, 11) is 1.48. The fraction of sp³-hybridized carbons (Fsp3) is 0.333. The normalized spacial score (nSPS) is 10.4. The van der Waals surface area contributed by atoms with E-state index in [1.165, 1.54) is 18.4 Å². The van der Waals surface area contributed by atoms with Crippen molar-refractivity contribution in [3.8, 4) is 22.1 Å². The van der Waals surface area contributed by atoms with Crippen LogP contribution in [0.5, 0.6) is 11.5 Å². The molecule has 2 rings (SSSR count). The first kappa shape index (κ1) is 16.2. The SMILES string of the molecule is CCOC(=O)c1nc(-c2ccc(OC)c(OCF)c2)sc1C. The molecule has 0 unspecified atom stereocenters. The summed E-state index contributed by atoms with van der Waals surface area (Å²) in [6.07, 6.45) is 0. The van der Waals surface area contributed by atoms with Crippen LogP contribution in [0.2, 0.25) is 0 Å². The average molecular weight is 325 g/mol. The molecule has 1 aromatic heterocycles. The minimum Gasteiger partial charge on any atom is -0.493 e. The second kappa shape index (κ2) is 7.22. The Bertz CT molecular complexity index is 672. The lowest BCUT2D eigenvalue weighted by Gasteiger charge is -2.08. The lowest BCUT2D eigenvalue weighted by molar-refractivity contribution is 0.0519. The summed E-state index contributed by atoms with van der Waals surface area (Å²) >= 11 is 1.36. The van der Waals surface area contributed by atoms with Gasteiger partial charge in [0.05, 0.1) is 13.7 Å². The van der Waals surface area contributed by atoms with Crippen LogP contribution in [-0.4, -0.2) is 31.5 Å². The van der Waals surface area contributed by atoms with Gasteiger partial charge in [-0.05, 0) is 32.0 Å². The van der Waals surface area contributed by atoms with E-state index in [1.807, 2.05) is 0 Å². The minimum atomic E-state index is -0.954. The molecule has 0 atom stereocenters. The van der Waals surface area contributed by atoms with E-state index in [1.54, 1.807) is 32.0 Å². The number of methoxy groups -OCH3 is 1. The van der Waals surface area contributed by atoms with Crippen LogP contribution in [0, 0.1) is 6.92 Å². The first-order valence-electron chi connectivity index (χ1n) is 6.62. The third kappa shape index (κ3) is 3.36. The Hall–Kier alpha value is -2.15. The zero-order chi connectivity index (χ0) is 16.1. The number of ether oxygens (including phenoxy) is 3. The van der Waals surface area contributed by atoms with E-state index in [4.69, 9.17) is 14.2 Å². The van der Waals surface area contributed by atoms with Gasteiger partial charge in [-0.15, -0.1) is 11.3 Å². The molecule has 0 bridgehead atoms. The van der Waals surface area contributed by atoms with E-state index in [0.29, 0.717) is 28.6 Å². The van der Waals surface area contributed by atoms with Crippen LogP contribution >= 0.6 is 11.3 Å². The van der Waals surface area contributed by atoms with E-state index >= 15 is 0 Å². The number of alkyl halides is 1. The number of benzene rings is 1. The van der Waals surface area contributed by atoms with Gasteiger partial charge in [0.1, 0.15) is 5.01 Å². The molecule has 0 N–H and O–H groups in total. The first-order chi connectivity index (χ1) is 10.6. The van der Waals surface area contributed by atoms with Crippen molar-refractivity contribution in [2.75, 3.05) is 20.6 Å². The molecule has 118 valence electrons. The van der Waals surface area contributed by atoms with Crippen molar-refractivity contribution < 1.29 is 23.4 Å². The quantitative estimate of drug-likeness (QED) is 0.759. The molecule has 7 heteroatoms. The lowest BCUT2D eigenvalue weighted by atomic mass is 10.2. The topological polar surface area (TPSA) is 57.7 Å². The zero-order valence-corrected chi connectivity index (χ0v) is 13.3. The van der Waals surface area contributed by atoms with Gasteiger partial charge in [0.15, 0.2) is 17.2 Å². The smallest absolute Gasteiger partial charge is 0.358 e. The van der Waals surface area contributed by atoms with Crippen LogP contribution in [0.1, 0.15) is 22.3 Å². The van der Waals surface area contributed by atoms with Crippen LogP contribution in [0.15, 0.2) is 18.2 Å². The monoisotopic (exact) mass is 325 g/mol. The van der Waals surface area contributed by atoms with Crippen LogP contribution in [0.3, 0.4) is 0 Å². The maximum Gasteiger partial charge on any atom is 0.358 e. The van der Waals surface area contributed by atoms with E-state index in [-0.39, 0.29) is 5.75 Å². The van der Waals surface area contributed by atoms with Gasteiger partial charge in [0.2, 0.25) is 6.86 Å². The highest BCUT2D eigenvalue weighted by Gasteiger charge is 2.18. The van der Waals surface area contributed by atoms with Crippen molar-refractivity contribution >= 4 is 17.3 Å². The lowest BCUT2D eigenvalue weighted by Crippen LogP contribution is -2.06. The molecule has 0 saturated heterocycles. The largest absolute Gasteiger partial charge is 0.493 e. The van der Waals surface area contributed by atoms with E-state index in [2.05, 4.69) is 4.98 Å². The molecular weight excluding hydrogens is 309 g/mol. The Balaban J connectivity index is 2.38. The summed E-state index contributed by atoms with van der Waals surface area (Å²) in [5.74, 6) is 0.268. The molecular formula is C15H16FNO4S. The fourth-order valence-electron chi connectivity index (χ4n) is 1.89. The zero-order valence-electron chi connectivity index (χ0n) is 12.5. The van der Waals surface area contributed by atoms with Crippen LogP contribution in [-0.2, 0) is 4.74 Å². The Morgan fingerprint density at radius 2 is 2.14 bits per heavy atom. The number of aryl methyl sites for hydroxylation is 1. The maximum absolute atomic E-state index is 12.4. The molecule has 2 aromatic rings. The van der Waals surface area contributed by atoms with Crippen LogP contribution in [0.4, 0.5) is 4.39 Å². The van der Waals surface area contributed by atoms with Gasteiger partial charge in [-0.3, -0.25) is 0 Å². The second-order valence-corrected chi connectivity index (χ2v) is 5.47. The Morgan fingerprint density at radius 1 is 1.36 bits per heavy atom. The van der Waals surface area contributed by atoms with Crippen molar-refractivity contribution in [3.63, 3.8) is 0 Å². The molecule has 0 aliphatic rings. The number of esters is 1. The summed E-state index contributed by atoms with van der Waals surface area (Å²) in [6, 6.07) is 5.07. The van der Waals surface area contributed by atoms with Gasteiger partial charge in [0, 0.05) is 10.4 Å². The average Bonchev–Trinajstić information content (AvgIpc) is 2.90. The second-order valence-electron chi connectivity index (χ2n) is 4.26. The molecule has 0 saturated carbocycles. The van der Waals surface area contributed by atoms with E-state index in [0.717, 1.165) is 4.88 Å². The molecule has 22 heavy (non-hydrogen) atoms. The Labute approximate surface area is 131 Å². The first-order valence-corrected chi connectivity index (χ1v) is 7.44. The van der Waals surface area contributed by atoms with Gasteiger partial charge in [-0.25, -0.2) is 14.2 Å². The molecule has 0 spiro atoms. The predicted octanol–water partition coefficient (Wildman–Crippen LogP) is 3.61. The van der Waals surface area contributed by atoms with Gasteiger partial charge in [0.25, 0.3) is 0 Å². The van der Waals surface area contributed by atoms with Crippen molar-refractivity contribution in [2.45, 2.75) is 13.8 Å². The molecule has 0 fully saturated rings. The van der Waals surface area contributed by atoms with E-state index in [9.17, 15) is 9.18 Å². The molecule has 5 nitrogen and oxygen atoms in total. The number of carbonyl (C=O) groups excluding carboxylic acids is 1.